The molecule has 1 amide bonds. The normalized spacial score (nSPS) is 10.5. The summed E-state index contributed by atoms with van der Waals surface area (Å²) in [6.45, 7) is 0.472. The summed E-state index contributed by atoms with van der Waals surface area (Å²) in [6, 6.07) is 15.2. The van der Waals surface area contributed by atoms with Crippen molar-refractivity contribution in [1.82, 2.24) is 20.1 Å². The van der Waals surface area contributed by atoms with E-state index in [2.05, 4.69) is 15.5 Å². The van der Waals surface area contributed by atoms with Gasteiger partial charge in [0.05, 0.1) is 20.0 Å². The number of carbonyl (C=O) groups is 1. The van der Waals surface area contributed by atoms with Crippen LogP contribution in [-0.4, -0.2) is 40.6 Å². The standard InChI is InChI=1S/C20H22N4O3S/c1-24-19(15-6-10-17(27-3)11-7-15)22-23-20(24)28-13-18(25)21-12-14-4-8-16(26-2)9-5-14/h4-11H,12-13H2,1-3H3,(H,21,25). The first-order chi connectivity index (χ1) is 13.6. The Hall–Kier alpha value is -3.00. The van der Waals surface area contributed by atoms with Crippen LogP contribution in [0.3, 0.4) is 0 Å². The molecule has 0 aliphatic carbocycles. The van der Waals surface area contributed by atoms with E-state index in [1.807, 2.05) is 60.1 Å². The van der Waals surface area contributed by atoms with E-state index < -0.39 is 0 Å². The van der Waals surface area contributed by atoms with Gasteiger partial charge in [0.15, 0.2) is 11.0 Å². The predicted octanol–water partition coefficient (Wildman–Crippen LogP) is 2.91. The molecule has 0 aliphatic heterocycles. The molecule has 0 radical (unpaired) electrons. The van der Waals surface area contributed by atoms with Crippen molar-refractivity contribution in [2.75, 3.05) is 20.0 Å². The summed E-state index contributed by atoms with van der Waals surface area (Å²) in [5.74, 6) is 2.53. The van der Waals surface area contributed by atoms with Crippen molar-refractivity contribution in [1.29, 1.82) is 0 Å². The minimum atomic E-state index is -0.0604. The molecular weight excluding hydrogens is 376 g/mol. The Morgan fingerprint density at radius 1 is 1.00 bits per heavy atom. The zero-order valence-corrected chi connectivity index (χ0v) is 16.8. The van der Waals surface area contributed by atoms with Crippen molar-refractivity contribution in [2.45, 2.75) is 11.7 Å². The lowest BCUT2D eigenvalue weighted by molar-refractivity contribution is -0.118. The third-order valence-corrected chi connectivity index (χ3v) is 5.18. The summed E-state index contributed by atoms with van der Waals surface area (Å²) in [7, 11) is 5.14. The van der Waals surface area contributed by atoms with E-state index in [-0.39, 0.29) is 11.7 Å². The van der Waals surface area contributed by atoms with Crippen LogP contribution < -0.4 is 14.8 Å². The number of carbonyl (C=O) groups excluding carboxylic acids is 1. The number of hydrogen-bond acceptors (Lipinski definition) is 6. The van der Waals surface area contributed by atoms with Crippen LogP contribution in [-0.2, 0) is 18.4 Å². The maximum absolute atomic E-state index is 12.1. The van der Waals surface area contributed by atoms with E-state index in [0.29, 0.717) is 11.7 Å². The highest BCUT2D eigenvalue weighted by Crippen LogP contribution is 2.24. The Labute approximate surface area is 168 Å². The SMILES string of the molecule is COc1ccc(CNC(=O)CSc2nnc(-c3ccc(OC)cc3)n2C)cc1. The van der Waals surface area contributed by atoms with Gasteiger partial charge in [0, 0.05) is 19.2 Å². The second kappa shape index (κ2) is 9.27. The van der Waals surface area contributed by atoms with Crippen LogP contribution in [0, 0.1) is 0 Å². The van der Waals surface area contributed by atoms with Crippen LogP contribution in [0.1, 0.15) is 5.56 Å². The molecule has 3 aromatic rings. The second-order valence-electron chi connectivity index (χ2n) is 6.01. The summed E-state index contributed by atoms with van der Waals surface area (Å²) in [6.07, 6.45) is 0. The van der Waals surface area contributed by atoms with E-state index in [4.69, 9.17) is 9.47 Å². The molecule has 0 atom stereocenters. The fraction of sp³-hybridized carbons (Fsp3) is 0.250. The van der Waals surface area contributed by atoms with Crippen LogP contribution in [0.4, 0.5) is 0 Å². The molecule has 2 aromatic carbocycles. The summed E-state index contributed by atoms with van der Waals surface area (Å²) < 4.78 is 12.2. The lowest BCUT2D eigenvalue weighted by Gasteiger charge is -2.07. The highest BCUT2D eigenvalue weighted by Gasteiger charge is 2.13. The Morgan fingerprint density at radius 2 is 1.61 bits per heavy atom. The molecule has 28 heavy (non-hydrogen) atoms. The van der Waals surface area contributed by atoms with E-state index in [9.17, 15) is 4.79 Å². The van der Waals surface area contributed by atoms with Crippen molar-refractivity contribution >= 4 is 17.7 Å². The lowest BCUT2D eigenvalue weighted by atomic mass is 10.2. The van der Waals surface area contributed by atoms with Crippen molar-refractivity contribution in [3.05, 3.63) is 54.1 Å². The number of rotatable bonds is 8. The van der Waals surface area contributed by atoms with Crippen LogP contribution in [0.25, 0.3) is 11.4 Å². The topological polar surface area (TPSA) is 78.3 Å². The van der Waals surface area contributed by atoms with Crippen LogP contribution in [0.15, 0.2) is 53.7 Å². The summed E-state index contributed by atoms with van der Waals surface area (Å²) in [5, 5.41) is 12.0. The number of amides is 1. The largest absolute Gasteiger partial charge is 0.497 e. The molecule has 0 aliphatic rings. The highest BCUT2D eigenvalue weighted by atomic mass is 32.2. The van der Waals surface area contributed by atoms with Gasteiger partial charge in [-0.3, -0.25) is 4.79 Å². The maximum Gasteiger partial charge on any atom is 0.230 e. The van der Waals surface area contributed by atoms with Gasteiger partial charge in [-0.15, -0.1) is 10.2 Å². The fourth-order valence-electron chi connectivity index (χ4n) is 2.56. The lowest BCUT2D eigenvalue weighted by Crippen LogP contribution is -2.24. The number of nitrogens with zero attached hydrogens (tertiary/aromatic N) is 3. The number of benzene rings is 2. The monoisotopic (exact) mass is 398 g/mol. The average Bonchev–Trinajstić information content (AvgIpc) is 3.11. The third-order valence-electron chi connectivity index (χ3n) is 4.16. The van der Waals surface area contributed by atoms with Gasteiger partial charge in [-0.2, -0.15) is 0 Å². The van der Waals surface area contributed by atoms with Gasteiger partial charge in [-0.05, 0) is 42.0 Å². The second-order valence-corrected chi connectivity index (χ2v) is 6.95. The maximum atomic E-state index is 12.1. The molecule has 0 bridgehead atoms. The number of thioether (sulfide) groups is 1. The zero-order chi connectivity index (χ0) is 19.9. The highest BCUT2D eigenvalue weighted by molar-refractivity contribution is 7.99. The molecule has 3 rings (SSSR count). The average molecular weight is 398 g/mol. The minimum Gasteiger partial charge on any atom is -0.497 e. The predicted molar refractivity (Wildman–Crippen MR) is 109 cm³/mol. The van der Waals surface area contributed by atoms with Gasteiger partial charge < -0.3 is 19.4 Å². The molecule has 1 heterocycles. The fourth-order valence-corrected chi connectivity index (χ4v) is 3.30. The molecule has 0 fully saturated rings. The van der Waals surface area contributed by atoms with Crippen molar-refractivity contribution in [2.24, 2.45) is 7.05 Å². The molecule has 1 N–H and O–H groups in total. The Morgan fingerprint density at radius 3 is 2.21 bits per heavy atom. The quantitative estimate of drug-likeness (QED) is 0.588. The van der Waals surface area contributed by atoms with E-state index >= 15 is 0 Å². The molecule has 8 heteroatoms. The number of aromatic nitrogens is 3. The molecule has 0 saturated carbocycles. The Bertz CT molecular complexity index is 924. The molecule has 7 nitrogen and oxygen atoms in total. The smallest absolute Gasteiger partial charge is 0.230 e. The Kier molecular flexibility index (Phi) is 6.54. The van der Waals surface area contributed by atoms with E-state index in [1.165, 1.54) is 11.8 Å². The van der Waals surface area contributed by atoms with Gasteiger partial charge in [0.1, 0.15) is 11.5 Å². The van der Waals surface area contributed by atoms with Crippen molar-refractivity contribution < 1.29 is 14.3 Å². The molecule has 1 aromatic heterocycles. The number of hydrogen-bond donors (Lipinski definition) is 1. The first-order valence-corrected chi connectivity index (χ1v) is 9.65. The van der Waals surface area contributed by atoms with Crippen LogP contribution >= 0.6 is 11.8 Å². The van der Waals surface area contributed by atoms with Gasteiger partial charge >= 0.3 is 0 Å². The number of nitrogens with one attached hydrogen (secondary N) is 1. The Balaban J connectivity index is 1.53. The van der Waals surface area contributed by atoms with Gasteiger partial charge in [-0.25, -0.2) is 0 Å². The first kappa shape index (κ1) is 19.8. The zero-order valence-electron chi connectivity index (χ0n) is 16.0. The van der Waals surface area contributed by atoms with E-state index in [0.717, 1.165) is 28.5 Å². The van der Waals surface area contributed by atoms with Crippen molar-refractivity contribution in [3.63, 3.8) is 0 Å². The molecule has 0 saturated heterocycles. The summed E-state index contributed by atoms with van der Waals surface area (Å²) in [5.41, 5.74) is 1.95. The van der Waals surface area contributed by atoms with Crippen LogP contribution in [0.5, 0.6) is 11.5 Å². The molecule has 146 valence electrons. The number of ether oxygens (including phenoxy) is 2. The molecule has 0 spiro atoms. The third kappa shape index (κ3) is 4.83. The summed E-state index contributed by atoms with van der Waals surface area (Å²) in [4.78, 5) is 12.1. The minimum absolute atomic E-state index is 0.0604. The van der Waals surface area contributed by atoms with Gasteiger partial charge in [-0.1, -0.05) is 23.9 Å². The first-order valence-electron chi connectivity index (χ1n) is 8.67. The molecule has 0 unspecified atom stereocenters. The van der Waals surface area contributed by atoms with Gasteiger partial charge in [0.2, 0.25) is 5.91 Å². The summed E-state index contributed by atoms with van der Waals surface area (Å²) >= 11 is 1.35. The van der Waals surface area contributed by atoms with Crippen LogP contribution in [0.2, 0.25) is 0 Å². The van der Waals surface area contributed by atoms with E-state index in [1.54, 1.807) is 14.2 Å². The van der Waals surface area contributed by atoms with Crippen molar-refractivity contribution in [3.8, 4) is 22.9 Å². The molecular formula is C20H22N4O3S. The van der Waals surface area contributed by atoms with Gasteiger partial charge in [0.25, 0.3) is 0 Å². The number of methoxy groups -OCH3 is 2.